The molecule has 1 aromatic carbocycles. The molecule has 1 saturated carbocycles. The standard InChI is InChI=1S/C18H21N3O/c1-12-3-2-4-13(9-12)15-10-16(15)18(22)20-14-5-6-17-19-7-8-21(17)11-14/h2-4,7-9,14-16H,5-6,10-11H2,1H3,(H,20,22)/t14-,15+,16-/m1/s1. The van der Waals surface area contributed by atoms with Gasteiger partial charge in [0.2, 0.25) is 5.91 Å². The maximum Gasteiger partial charge on any atom is 0.224 e. The monoisotopic (exact) mass is 295 g/mol. The van der Waals surface area contributed by atoms with Crippen molar-refractivity contribution in [3.05, 3.63) is 53.6 Å². The summed E-state index contributed by atoms with van der Waals surface area (Å²) in [5, 5.41) is 3.24. The van der Waals surface area contributed by atoms with Crippen LogP contribution in [0.4, 0.5) is 0 Å². The van der Waals surface area contributed by atoms with Crippen LogP contribution in [0, 0.1) is 12.8 Å². The Hall–Kier alpha value is -2.10. The van der Waals surface area contributed by atoms with Gasteiger partial charge in [-0.15, -0.1) is 0 Å². The van der Waals surface area contributed by atoms with E-state index in [-0.39, 0.29) is 17.9 Å². The number of hydrogen-bond donors (Lipinski definition) is 1. The van der Waals surface area contributed by atoms with Crippen LogP contribution in [-0.4, -0.2) is 21.5 Å². The Balaban J connectivity index is 1.36. The number of carbonyl (C=O) groups excluding carboxylic acids is 1. The number of amides is 1. The number of nitrogens with one attached hydrogen (secondary N) is 1. The largest absolute Gasteiger partial charge is 0.351 e. The molecule has 0 saturated heterocycles. The van der Waals surface area contributed by atoms with Gasteiger partial charge in [0.1, 0.15) is 5.82 Å². The number of carbonyl (C=O) groups is 1. The van der Waals surface area contributed by atoms with E-state index < -0.39 is 0 Å². The van der Waals surface area contributed by atoms with E-state index in [1.807, 2.05) is 12.4 Å². The summed E-state index contributed by atoms with van der Waals surface area (Å²) in [6, 6.07) is 8.78. The molecular formula is C18H21N3O. The Bertz CT molecular complexity index is 706. The van der Waals surface area contributed by atoms with Gasteiger partial charge in [0.25, 0.3) is 0 Å². The highest BCUT2D eigenvalue weighted by Gasteiger charge is 2.44. The highest BCUT2D eigenvalue weighted by Crippen LogP contribution is 2.47. The van der Waals surface area contributed by atoms with Gasteiger partial charge >= 0.3 is 0 Å². The van der Waals surface area contributed by atoms with Gasteiger partial charge in [-0.1, -0.05) is 29.8 Å². The van der Waals surface area contributed by atoms with Gasteiger partial charge in [0, 0.05) is 37.3 Å². The van der Waals surface area contributed by atoms with Crippen molar-refractivity contribution in [1.82, 2.24) is 14.9 Å². The minimum Gasteiger partial charge on any atom is -0.351 e. The maximum absolute atomic E-state index is 12.5. The van der Waals surface area contributed by atoms with Crippen molar-refractivity contribution < 1.29 is 4.79 Å². The smallest absolute Gasteiger partial charge is 0.224 e. The van der Waals surface area contributed by atoms with E-state index in [2.05, 4.69) is 46.1 Å². The second-order valence-corrected chi connectivity index (χ2v) is 6.60. The molecule has 22 heavy (non-hydrogen) atoms. The first-order valence-corrected chi connectivity index (χ1v) is 8.07. The van der Waals surface area contributed by atoms with E-state index in [1.54, 1.807) is 0 Å². The lowest BCUT2D eigenvalue weighted by Gasteiger charge is -2.24. The Morgan fingerprint density at radius 3 is 3.18 bits per heavy atom. The van der Waals surface area contributed by atoms with Crippen LogP contribution < -0.4 is 5.32 Å². The first-order valence-electron chi connectivity index (χ1n) is 8.07. The summed E-state index contributed by atoms with van der Waals surface area (Å²) >= 11 is 0. The van der Waals surface area contributed by atoms with Crippen molar-refractivity contribution in [1.29, 1.82) is 0 Å². The van der Waals surface area contributed by atoms with Gasteiger partial charge in [-0.05, 0) is 31.2 Å². The number of nitrogens with zero attached hydrogens (tertiary/aromatic N) is 2. The van der Waals surface area contributed by atoms with Crippen LogP contribution in [0.25, 0.3) is 0 Å². The summed E-state index contributed by atoms with van der Waals surface area (Å²) in [5.74, 6) is 1.92. The zero-order valence-electron chi connectivity index (χ0n) is 12.8. The second-order valence-electron chi connectivity index (χ2n) is 6.60. The first-order chi connectivity index (χ1) is 10.7. The second kappa shape index (κ2) is 5.27. The van der Waals surface area contributed by atoms with Crippen LogP contribution in [0.3, 0.4) is 0 Å². The molecule has 114 valence electrons. The molecule has 1 aliphatic carbocycles. The Morgan fingerprint density at radius 1 is 1.41 bits per heavy atom. The number of aromatic nitrogens is 2. The zero-order chi connectivity index (χ0) is 15.1. The molecule has 2 aliphatic rings. The third kappa shape index (κ3) is 2.54. The van der Waals surface area contributed by atoms with Crippen molar-refractivity contribution in [3.63, 3.8) is 0 Å². The average Bonchev–Trinajstić information content (AvgIpc) is 3.18. The predicted molar refractivity (Wildman–Crippen MR) is 84.5 cm³/mol. The molecule has 0 radical (unpaired) electrons. The fraction of sp³-hybridized carbons (Fsp3) is 0.444. The van der Waals surface area contributed by atoms with E-state index in [0.717, 1.165) is 31.6 Å². The molecule has 0 spiro atoms. The predicted octanol–water partition coefficient (Wildman–Crippen LogP) is 2.43. The molecule has 4 heteroatoms. The van der Waals surface area contributed by atoms with Gasteiger partial charge < -0.3 is 9.88 Å². The van der Waals surface area contributed by atoms with Crippen LogP contribution in [0.15, 0.2) is 36.7 Å². The van der Waals surface area contributed by atoms with E-state index >= 15 is 0 Å². The van der Waals surface area contributed by atoms with E-state index in [0.29, 0.717) is 5.92 Å². The number of benzene rings is 1. The number of aryl methyl sites for hydroxylation is 2. The molecular weight excluding hydrogens is 274 g/mol. The molecule has 1 aromatic heterocycles. The van der Waals surface area contributed by atoms with Crippen molar-refractivity contribution >= 4 is 5.91 Å². The third-order valence-corrected chi connectivity index (χ3v) is 4.88. The third-order valence-electron chi connectivity index (χ3n) is 4.88. The number of rotatable bonds is 3. The van der Waals surface area contributed by atoms with Crippen LogP contribution in [0.5, 0.6) is 0 Å². The molecule has 1 N–H and O–H groups in total. The number of fused-ring (bicyclic) bond motifs is 1. The van der Waals surface area contributed by atoms with E-state index in [4.69, 9.17) is 0 Å². The summed E-state index contributed by atoms with van der Waals surface area (Å²) in [5.41, 5.74) is 2.57. The fourth-order valence-electron chi connectivity index (χ4n) is 3.55. The lowest BCUT2D eigenvalue weighted by molar-refractivity contribution is -0.123. The van der Waals surface area contributed by atoms with E-state index in [1.165, 1.54) is 11.1 Å². The van der Waals surface area contributed by atoms with Crippen LogP contribution in [0.2, 0.25) is 0 Å². The van der Waals surface area contributed by atoms with Gasteiger partial charge in [0.05, 0.1) is 0 Å². The van der Waals surface area contributed by atoms with Gasteiger partial charge in [-0.2, -0.15) is 0 Å². The van der Waals surface area contributed by atoms with Crippen molar-refractivity contribution in [3.8, 4) is 0 Å². The maximum atomic E-state index is 12.5. The lowest BCUT2D eigenvalue weighted by Crippen LogP contribution is -2.41. The summed E-state index contributed by atoms with van der Waals surface area (Å²) < 4.78 is 2.15. The lowest BCUT2D eigenvalue weighted by atomic mass is 10.0. The van der Waals surface area contributed by atoms with Gasteiger partial charge in [0.15, 0.2) is 0 Å². The quantitative estimate of drug-likeness (QED) is 0.945. The molecule has 1 fully saturated rings. The minimum atomic E-state index is 0.158. The van der Waals surface area contributed by atoms with Gasteiger partial charge in [-0.3, -0.25) is 4.79 Å². The zero-order valence-corrected chi connectivity index (χ0v) is 12.8. The molecule has 4 nitrogen and oxygen atoms in total. The highest BCUT2D eigenvalue weighted by molar-refractivity contribution is 5.83. The summed E-state index contributed by atoms with van der Waals surface area (Å²) in [6.07, 6.45) is 6.77. The molecule has 4 rings (SSSR count). The number of imidazole rings is 1. The van der Waals surface area contributed by atoms with Crippen LogP contribution in [-0.2, 0) is 17.8 Å². The topological polar surface area (TPSA) is 46.9 Å². The first kappa shape index (κ1) is 13.6. The Labute approximate surface area is 130 Å². The average molecular weight is 295 g/mol. The van der Waals surface area contributed by atoms with Crippen molar-refractivity contribution in [2.75, 3.05) is 0 Å². The molecule has 0 bridgehead atoms. The van der Waals surface area contributed by atoms with Gasteiger partial charge in [-0.25, -0.2) is 4.98 Å². The fourth-order valence-corrected chi connectivity index (χ4v) is 3.55. The molecule has 3 atom stereocenters. The summed E-state index contributed by atoms with van der Waals surface area (Å²) in [4.78, 5) is 16.8. The van der Waals surface area contributed by atoms with Crippen LogP contribution >= 0.6 is 0 Å². The molecule has 1 aliphatic heterocycles. The highest BCUT2D eigenvalue weighted by atomic mass is 16.2. The molecule has 2 heterocycles. The normalized spacial score (nSPS) is 26.3. The van der Waals surface area contributed by atoms with Crippen molar-refractivity contribution in [2.45, 2.75) is 44.7 Å². The van der Waals surface area contributed by atoms with E-state index in [9.17, 15) is 4.79 Å². The molecule has 2 aromatic rings. The van der Waals surface area contributed by atoms with Crippen molar-refractivity contribution in [2.24, 2.45) is 5.92 Å². The SMILES string of the molecule is Cc1cccc([C@@H]2C[C@H]2C(=O)N[C@@H]2CCc3nccn3C2)c1. The summed E-state index contributed by atoms with van der Waals surface area (Å²) in [6.45, 7) is 2.95. The Morgan fingerprint density at radius 2 is 2.32 bits per heavy atom. The minimum absolute atomic E-state index is 0.158. The number of hydrogen-bond acceptors (Lipinski definition) is 2. The summed E-state index contributed by atoms with van der Waals surface area (Å²) in [7, 11) is 0. The molecule has 0 unspecified atom stereocenters. The Kier molecular flexibility index (Phi) is 3.25. The molecule has 1 amide bonds. The van der Waals surface area contributed by atoms with Crippen LogP contribution in [0.1, 0.15) is 35.7 Å².